The average Bonchev–Trinajstić information content (AvgIpc) is 2.99. The predicted octanol–water partition coefficient (Wildman–Crippen LogP) is 1.63. The Morgan fingerprint density at radius 2 is 2.59 bits per heavy atom. The van der Waals surface area contributed by atoms with E-state index in [0.717, 1.165) is 19.5 Å². The highest BCUT2D eigenvalue weighted by atomic mass is 32.1. The first-order valence-electron chi connectivity index (χ1n) is 5.94. The average molecular weight is 254 g/mol. The second-order valence-corrected chi connectivity index (χ2v) is 5.07. The number of nitrogens with one attached hydrogen (secondary N) is 2. The molecule has 1 amide bonds. The van der Waals surface area contributed by atoms with E-state index in [4.69, 9.17) is 4.74 Å². The third-order valence-electron chi connectivity index (χ3n) is 3.00. The molecule has 0 bridgehead atoms. The lowest BCUT2D eigenvalue weighted by molar-refractivity contribution is 0.0953. The number of carbonyl (C=O) groups is 1. The van der Waals surface area contributed by atoms with Crippen molar-refractivity contribution in [1.29, 1.82) is 0 Å². The van der Waals surface area contributed by atoms with E-state index in [2.05, 4.69) is 10.6 Å². The van der Waals surface area contributed by atoms with Gasteiger partial charge in [-0.3, -0.25) is 4.79 Å². The van der Waals surface area contributed by atoms with E-state index in [1.807, 2.05) is 11.4 Å². The van der Waals surface area contributed by atoms with Crippen molar-refractivity contribution >= 4 is 17.2 Å². The molecule has 1 atom stereocenters. The van der Waals surface area contributed by atoms with Gasteiger partial charge in [0, 0.05) is 12.6 Å². The molecular weight excluding hydrogens is 236 g/mol. The summed E-state index contributed by atoms with van der Waals surface area (Å²) < 4.78 is 5.12. The quantitative estimate of drug-likeness (QED) is 0.839. The van der Waals surface area contributed by atoms with E-state index < -0.39 is 0 Å². The van der Waals surface area contributed by atoms with Crippen molar-refractivity contribution < 1.29 is 9.53 Å². The molecule has 0 unspecified atom stereocenters. The Hall–Kier alpha value is -1.07. The van der Waals surface area contributed by atoms with Gasteiger partial charge in [-0.2, -0.15) is 0 Å². The molecular formula is C12H18N2O2S. The number of rotatable bonds is 5. The molecule has 0 saturated carbocycles. The Labute approximate surface area is 105 Å². The van der Waals surface area contributed by atoms with Crippen LogP contribution >= 0.6 is 11.3 Å². The summed E-state index contributed by atoms with van der Waals surface area (Å²) in [4.78, 5) is 12.5. The van der Waals surface area contributed by atoms with Gasteiger partial charge >= 0.3 is 0 Å². The molecule has 1 aliphatic rings. The fourth-order valence-corrected chi connectivity index (χ4v) is 2.84. The summed E-state index contributed by atoms with van der Waals surface area (Å²) in [6.07, 6.45) is 3.47. The molecule has 1 saturated heterocycles. The van der Waals surface area contributed by atoms with Gasteiger partial charge in [-0.1, -0.05) is 0 Å². The Morgan fingerprint density at radius 1 is 1.71 bits per heavy atom. The lowest BCUT2D eigenvalue weighted by Gasteiger charge is -2.10. The molecule has 0 aromatic carbocycles. The zero-order valence-corrected chi connectivity index (χ0v) is 10.8. The van der Waals surface area contributed by atoms with E-state index >= 15 is 0 Å². The van der Waals surface area contributed by atoms with Crippen molar-refractivity contribution in [2.75, 3.05) is 20.2 Å². The second-order valence-electron chi connectivity index (χ2n) is 4.16. The predicted molar refractivity (Wildman–Crippen MR) is 68.8 cm³/mol. The topological polar surface area (TPSA) is 50.4 Å². The second kappa shape index (κ2) is 6.02. The third-order valence-corrected chi connectivity index (χ3v) is 3.89. The van der Waals surface area contributed by atoms with Crippen LogP contribution < -0.4 is 15.4 Å². The fourth-order valence-electron chi connectivity index (χ4n) is 2.07. The van der Waals surface area contributed by atoms with E-state index in [1.165, 1.54) is 24.2 Å². The van der Waals surface area contributed by atoms with Gasteiger partial charge < -0.3 is 15.4 Å². The Balaban J connectivity index is 1.77. The first kappa shape index (κ1) is 12.4. The van der Waals surface area contributed by atoms with Crippen molar-refractivity contribution in [3.05, 3.63) is 16.3 Å². The smallest absolute Gasteiger partial charge is 0.265 e. The maximum absolute atomic E-state index is 11.9. The molecule has 2 heterocycles. The highest BCUT2D eigenvalue weighted by Crippen LogP contribution is 2.23. The molecule has 1 aromatic heterocycles. The molecule has 2 rings (SSSR count). The first-order valence-corrected chi connectivity index (χ1v) is 6.82. The highest BCUT2D eigenvalue weighted by Gasteiger charge is 2.16. The third kappa shape index (κ3) is 3.20. The lowest BCUT2D eigenvalue weighted by Crippen LogP contribution is -2.30. The maximum Gasteiger partial charge on any atom is 0.265 e. The van der Waals surface area contributed by atoms with E-state index in [-0.39, 0.29) is 5.91 Å². The van der Waals surface area contributed by atoms with Gasteiger partial charge in [0.25, 0.3) is 5.91 Å². The van der Waals surface area contributed by atoms with E-state index in [0.29, 0.717) is 16.7 Å². The summed E-state index contributed by atoms with van der Waals surface area (Å²) in [6.45, 7) is 1.83. The van der Waals surface area contributed by atoms with Crippen LogP contribution in [0.4, 0.5) is 0 Å². The minimum atomic E-state index is -0.0325. The monoisotopic (exact) mass is 254 g/mol. The number of carbonyl (C=O) groups excluding carboxylic acids is 1. The molecule has 1 aliphatic heterocycles. The summed E-state index contributed by atoms with van der Waals surface area (Å²) in [5.74, 6) is 0.626. The molecule has 0 spiro atoms. The Morgan fingerprint density at radius 3 is 3.29 bits per heavy atom. The number of methoxy groups -OCH3 is 1. The van der Waals surface area contributed by atoms with Crippen molar-refractivity contribution in [2.45, 2.75) is 25.3 Å². The molecule has 17 heavy (non-hydrogen) atoms. The van der Waals surface area contributed by atoms with E-state index in [9.17, 15) is 4.79 Å². The van der Waals surface area contributed by atoms with Crippen LogP contribution in [0.2, 0.25) is 0 Å². The Kier molecular flexibility index (Phi) is 4.39. The molecule has 4 nitrogen and oxygen atoms in total. The number of ether oxygens (including phenoxy) is 1. The molecule has 1 aromatic rings. The normalized spacial score (nSPS) is 19.2. The number of amides is 1. The fraction of sp³-hybridized carbons (Fsp3) is 0.583. The summed E-state index contributed by atoms with van der Waals surface area (Å²) in [5.41, 5.74) is 0. The summed E-state index contributed by atoms with van der Waals surface area (Å²) >= 11 is 1.41. The Bertz CT molecular complexity index is 372. The van der Waals surface area contributed by atoms with Crippen molar-refractivity contribution in [3.8, 4) is 5.75 Å². The van der Waals surface area contributed by atoms with Gasteiger partial charge in [0.2, 0.25) is 0 Å². The van der Waals surface area contributed by atoms with Crippen molar-refractivity contribution in [1.82, 2.24) is 10.6 Å². The van der Waals surface area contributed by atoms with Gasteiger partial charge in [0.15, 0.2) is 0 Å². The van der Waals surface area contributed by atoms with Gasteiger partial charge in [-0.05, 0) is 37.3 Å². The van der Waals surface area contributed by atoms with Gasteiger partial charge in [-0.15, -0.1) is 11.3 Å². The first-order chi connectivity index (χ1) is 8.31. The van der Waals surface area contributed by atoms with Gasteiger partial charge in [0.1, 0.15) is 10.6 Å². The summed E-state index contributed by atoms with van der Waals surface area (Å²) in [5, 5.41) is 8.22. The highest BCUT2D eigenvalue weighted by molar-refractivity contribution is 7.12. The van der Waals surface area contributed by atoms with Crippen LogP contribution in [0.1, 0.15) is 28.9 Å². The molecule has 0 radical (unpaired) electrons. The van der Waals surface area contributed by atoms with Crippen LogP contribution in [-0.2, 0) is 0 Å². The number of hydrogen-bond acceptors (Lipinski definition) is 4. The van der Waals surface area contributed by atoms with E-state index in [1.54, 1.807) is 7.11 Å². The minimum Gasteiger partial charge on any atom is -0.495 e. The zero-order valence-electron chi connectivity index (χ0n) is 9.99. The van der Waals surface area contributed by atoms with Gasteiger partial charge in [0.05, 0.1) is 7.11 Å². The molecule has 0 aliphatic carbocycles. The largest absolute Gasteiger partial charge is 0.495 e. The summed E-state index contributed by atoms with van der Waals surface area (Å²) in [7, 11) is 1.58. The van der Waals surface area contributed by atoms with Crippen LogP contribution in [0, 0.1) is 0 Å². The van der Waals surface area contributed by atoms with Crippen LogP contribution in [0.25, 0.3) is 0 Å². The van der Waals surface area contributed by atoms with Crippen LogP contribution in [0.15, 0.2) is 11.4 Å². The molecule has 2 N–H and O–H groups in total. The van der Waals surface area contributed by atoms with Crippen molar-refractivity contribution in [3.63, 3.8) is 0 Å². The van der Waals surface area contributed by atoms with Crippen LogP contribution in [-0.4, -0.2) is 32.1 Å². The molecule has 94 valence electrons. The molecule has 5 heteroatoms. The zero-order chi connectivity index (χ0) is 12.1. The number of thiophene rings is 1. The number of hydrogen-bond donors (Lipinski definition) is 2. The van der Waals surface area contributed by atoms with Crippen LogP contribution in [0.5, 0.6) is 5.75 Å². The lowest BCUT2D eigenvalue weighted by atomic mass is 10.1. The SMILES string of the molecule is COc1ccsc1C(=O)NCC[C@H]1CCCN1. The maximum atomic E-state index is 11.9. The summed E-state index contributed by atoms with van der Waals surface area (Å²) in [6, 6.07) is 2.39. The van der Waals surface area contributed by atoms with Crippen LogP contribution in [0.3, 0.4) is 0 Å². The molecule has 1 fully saturated rings. The van der Waals surface area contributed by atoms with Crippen molar-refractivity contribution in [2.24, 2.45) is 0 Å². The van der Waals surface area contributed by atoms with Gasteiger partial charge in [-0.25, -0.2) is 0 Å². The standard InChI is InChI=1S/C12H18N2O2S/c1-16-10-5-8-17-11(10)12(15)14-7-4-9-3-2-6-13-9/h5,8-9,13H,2-4,6-7H2,1H3,(H,14,15)/t9-/m1/s1. The minimum absolute atomic E-state index is 0.0325.